The first-order chi connectivity index (χ1) is 10.2. The molecule has 5 nitrogen and oxygen atoms in total. The number of hydrogen-bond donors (Lipinski definition) is 2. The second kappa shape index (κ2) is 7.19. The van der Waals surface area contributed by atoms with Crippen LogP contribution in [-0.2, 0) is 4.79 Å². The Balaban J connectivity index is 1.74. The summed E-state index contributed by atoms with van der Waals surface area (Å²) in [6.07, 6.45) is 0.274. The molecule has 0 aliphatic rings. The fourth-order valence-corrected chi connectivity index (χ4v) is 1.72. The van der Waals surface area contributed by atoms with E-state index in [4.69, 9.17) is 15.2 Å². The van der Waals surface area contributed by atoms with E-state index in [1.807, 2.05) is 12.1 Å². The van der Waals surface area contributed by atoms with Crippen molar-refractivity contribution in [2.75, 3.05) is 24.8 Å². The van der Waals surface area contributed by atoms with Crippen LogP contribution in [0.15, 0.2) is 48.5 Å². The summed E-state index contributed by atoms with van der Waals surface area (Å²) in [6.45, 7) is 0.313. The van der Waals surface area contributed by atoms with Gasteiger partial charge < -0.3 is 20.5 Å². The number of carbonyl (C=O) groups is 1. The molecule has 2 aromatic carbocycles. The molecule has 0 atom stereocenters. The van der Waals surface area contributed by atoms with Gasteiger partial charge >= 0.3 is 0 Å². The third-order valence-electron chi connectivity index (χ3n) is 2.85. The van der Waals surface area contributed by atoms with Crippen molar-refractivity contribution in [1.82, 2.24) is 0 Å². The number of anilines is 2. The second-order valence-electron chi connectivity index (χ2n) is 4.44. The largest absolute Gasteiger partial charge is 0.497 e. The van der Waals surface area contributed by atoms with Crippen molar-refractivity contribution < 1.29 is 14.3 Å². The molecule has 0 unspecified atom stereocenters. The van der Waals surface area contributed by atoms with Crippen LogP contribution in [0.4, 0.5) is 11.4 Å². The van der Waals surface area contributed by atoms with Crippen LogP contribution >= 0.6 is 0 Å². The Morgan fingerprint density at radius 3 is 2.29 bits per heavy atom. The Kier molecular flexibility index (Phi) is 5.04. The lowest BCUT2D eigenvalue weighted by molar-refractivity contribution is -0.116. The van der Waals surface area contributed by atoms with Gasteiger partial charge in [0.15, 0.2) is 0 Å². The molecule has 0 heterocycles. The van der Waals surface area contributed by atoms with Gasteiger partial charge in [0.05, 0.1) is 20.1 Å². The number of benzene rings is 2. The molecule has 0 aliphatic carbocycles. The lowest BCUT2D eigenvalue weighted by Crippen LogP contribution is -2.15. The van der Waals surface area contributed by atoms with Gasteiger partial charge in [-0.2, -0.15) is 0 Å². The van der Waals surface area contributed by atoms with E-state index in [-0.39, 0.29) is 12.3 Å². The highest BCUT2D eigenvalue weighted by molar-refractivity contribution is 5.90. The topological polar surface area (TPSA) is 73.6 Å². The molecule has 0 bridgehead atoms. The Morgan fingerprint density at radius 1 is 1.05 bits per heavy atom. The average molecular weight is 286 g/mol. The van der Waals surface area contributed by atoms with E-state index in [2.05, 4.69) is 5.32 Å². The molecule has 1 amide bonds. The minimum Gasteiger partial charge on any atom is -0.497 e. The first-order valence-corrected chi connectivity index (χ1v) is 6.59. The lowest BCUT2D eigenvalue weighted by Gasteiger charge is -2.08. The van der Waals surface area contributed by atoms with Crippen molar-refractivity contribution in [3.63, 3.8) is 0 Å². The van der Waals surface area contributed by atoms with E-state index in [1.165, 1.54) is 0 Å². The van der Waals surface area contributed by atoms with Crippen LogP contribution in [0.3, 0.4) is 0 Å². The van der Waals surface area contributed by atoms with E-state index in [1.54, 1.807) is 43.5 Å². The van der Waals surface area contributed by atoms with Gasteiger partial charge in [-0.1, -0.05) is 0 Å². The Labute approximate surface area is 123 Å². The van der Waals surface area contributed by atoms with E-state index in [0.29, 0.717) is 18.0 Å². The molecule has 3 N–H and O–H groups in total. The zero-order valence-electron chi connectivity index (χ0n) is 11.8. The first-order valence-electron chi connectivity index (χ1n) is 6.59. The Morgan fingerprint density at radius 2 is 1.67 bits per heavy atom. The predicted molar refractivity (Wildman–Crippen MR) is 82.6 cm³/mol. The van der Waals surface area contributed by atoms with Crippen molar-refractivity contribution in [2.24, 2.45) is 0 Å². The molecule has 110 valence electrons. The molecular formula is C16H18N2O3. The average Bonchev–Trinajstić information content (AvgIpc) is 2.50. The van der Waals surface area contributed by atoms with E-state index in [0.717, 1.165) is 11.4 Å². The summed E-state index contributed by atoms with van der Waals surface area (Å²) < 4.78 is 10.6. The molecule has 2 rings (SSSR count). The van der Waals surface area contributed by atoms with Crippen molar-refractivity contribution in [2.45, 2.75) is 6.42 Å². The third-order valence-corrected chi connectivity index (χ3v) is 2.85. The van der Waals surface area contributed by atoms with Gasteiger partial charge in [-0.25, -0.2) is 0 Å². The van der Waals surface area contributed by atoms with Gasteiger partial charge in [0.25, 0.3) is 0 Å². The maximum Gasteiger partial charge on any atom is 0.227 e. The molecule has 21 heavy (non-hydrogen) atoms. The van der Waals surface area contributed by atoms with Gasteiger partial charge in [-0.3, -0.25) is 4.79 Å². The summed E-state index contributed by atoms with van der Waals surface area (Å²) in [6, 6.07) is 14.2. The van der Waals surface area contributed by atoms with Crippen LogP contribution in [0.2, 0.25) is 0 Å². The summed E-state index contributed by atoms with van der Waals surface area (Å²) >= 11 is 0. The van der Waals surface area contributed by atoms with E-state index in [9.17, 15) is 4.79 Å². The minimum absolute atomic E-state index is 0.103. The molecule has 2 aromatic rings. The van der Waals surface area contributed by atoms with Crippen LogP contribution in [0.25, 0.3) is 0 Å². The highest BCUT2D eigenvalue weighted by Crippen LogP contribution is 2.17. The van der Waals surface area contributed by atoms with Crippen molar-refractivity contribution >= 4 is 17.3 Å². The Bertz CT molecular complexity index is 579. The molecule has 0 fully saturated rings. The zero-order chi connectivity index (χ0) is 15.1. The number of hydrogen-bond acceptors (Lipinski definition) is 4. The molecule has 0 aromatic heterocycles. The number of methoxy groups -OCH3 is 1. The van der Waals surface area contributed by atoms with Gasteiger partial charge in [0.2, 0.25) is 5.91 Å². The van der Waals surface area contributed by atoms with Gasteiger partial charge in [0, 0.05) is 11.4 Å². The van der Waals surface area contributed by atoms with Crippen molar-refractivity contribution in [3.8, 4) is 11.5 Å². The number of rotatable bonds is 6. The standard InChI is InChI=1S/C16H18N2O3/c1-20-14-6-8-15(9-7-14)21-11-10-16(19)18-13-4-2-12(17)3-5-13/h2-9H,10-11,17H2,1H3,(H,18,19). The van der Waals surface area contributed by atoms with Crippen molar-refractivity contribution in [1.29, 1.82) is 0 Å². The summed E-state index contributed by atoms with van der Waals surface area (Å²) in [5.74, 6) is 1.37. The zero-order valence-corrected chi connectivity index (χ0v) is 11.8. The third kappa shape index (κ3) is 4.72. The Hall–Kier alpha value is -2.69. The normalized spacial score (nSPS) is 9.95. The second-order valence-corrected chi connectivity index (χ2v) is 4.44. The molecule has 0 radical (unpaired) electrons. The van der Waals surface area contributed by atoms with Gasteiger partial charge in [-0.05, 0) is 48.5 Å². The minimum atomic E-state index is -0.103. The molecule has 0 aliphatic heterocycles. The number of carbonyl (C=O) groups excluding carboxylic acids is 1. The number of nitrogens with two attached hydrogens (primary N) is 1. The molecule has 5 heteroatoms. The fourth-order valence-electron chi connectivity index (χ4n) is 1.72. The fraction of sp³-hybridized carbons (Fsp3) is 0.188. The highest BCUT2D eigenvalue weighted by atomic mass is 16.5. The maximum absolute atomic E-state index is 11.7. The summed E-state index contributed by atoms with van der Waals surface area (Å²) in [4.78, 5) is 11.7. The summed E-state index contributed by atoms with van der Waals surface area (Å²) in [7, 11) is 1.61. The van der Waals surface area contributed by atoms with Crippen LogP contribution in [0, 0.1) is 0 Å². The number of amides is 1. The van der Waals surface area contributed by atoms with Crippen LogP contribution in [0.1, 0.15) is 6.42 Å². The predicted octanol–water partition coefficient (Wildman–Crippen LogP) is 2.69. The lowest BCUT2D eigenvalue weighted by atomic mass is 10.3. The van der Waals surface area contributed by atoms with E-state index < -0.39 is 0 Å². The molecule has 0 saturated heterocycles. The van der Waals surface area contributed by atoms with Gasteiger partial charge in [-0.15, -0.1) is 0 Å². The highest BCUT2D eigenvalue weighted by Gasteiger charge is 2.03. The smallest absolute Gasteiger partial charge is 0.227 e. The van der Waals surface area contributed by atoms with E-state index >= 15 is 0 Å². The SMILES string of the molecule is COc1ccc(OCCC(=O)Nc2ccc(N)cc2)cc1. The quantitative estimate of drug-likeness (QED) is 0.801. The van der Waals surface area contributed by atoms with Crippen LogP contribution in [0.5, 0.6) is 11.5 Å². The molecule has 0 spiro atoms. The summed E-state index contributed by atoms with van der Waals surface area (Å²) in [5, 5.41) is 2.78. The molecule has 0 saturated carbocycles. The number of nitrogens with one attached hydrogen (secondary N) is 1. The number of ether oxygens (including phenoxy) is 2. The van der Waals surface area contributed by atoms with Crippen LogP contribution < -0.4 is 20.5 Å². The van der Waals surface area contributed by atoms with Crippen LogP contribution in [-0.4, -0.2) is 19.6 Å². The first kappa shape index (κ1) is 14.7. The maximum atomic E-state index is 11.7. The number of nitrogen functional groups attached to an aromatic ring is 1. The summed E-state index contributed by atoms with van der Waals surface area (Å²) in [5.41, 5.74) is 6.96. The molecular weight excluding hydrogens is 268 g/mol. The van der Waals surface area contributed by atoms with Crippen molar-refractivity contribution in [3.05, 3.63) is 48.5 Å². The monoisotopic (exact) mass is 286 g/mol. The van der Waals surface area contributed by atoms with Gasteiger partial charge in [0.1, 0.15) is 11.5 Å².